The van der Waals surface area contributed by atoms with Crippen LogP contribution in [0.25, 0.3) is 0 Å². The molecule has 0 aromatic rings. The quantitative estimate of drug-likeness (QED) is 0.314. The number of carbonyl (C=O) groups is 3. The second-order valence-electron chi connectivity index (χ2n) is 1.57. The van der Waals surface area contributed by atoms with Gasteiger partial charge in [0, 0.05) is 1.37 Å². The first-order valence-corrected chi connectivity index (χ1v) is 2.15. The van der Waals surface area contributed by atoms with Crippen molar-refractivity contribution >= 4 is 17.3 Å². The zero-order chi connectivity index (χ0) is 7.02. The van der Waals surface area contributed by atoms with E-state index >= 15 is 0 Å². The molecule has 0 amide bonds. The molecule has 42 valence electrons. The number of Topliss-reactive ketones (excluding diaryl/α,β-unsaturated/α-hetero) is 3. The molecule has 8 heavy (non-hydrogen) atoms. The Morgan fingerprint density at radius 2 is 1.88 bits per heavy atom. The van der Waals surface area contributed by atoms with Crippen molar-refractivity contribution in [2.75, 3.05) is 0 Å². The monoisotopic (exact) mass is 113 g/mol. The Hall–Kier alpha value is -0.990. The summed E-state index contributed by atoms with van der Waals surface area (Å²) in [7, 11) is 0. The summed E-state index contributed by atoms with van der Waals surface area (Å²) < 4.78 is 6.75. The molecule has 0 aromatic carbocycles. The summed E-state index contributed by atoms with van der Waals surface area (Å²) in [6.07, 6.45) is -1.79. The van der Waals surface area contributed by atoms with Gasteiger partial charge in [0.15, 0.2) is 0 Å². The average Bonchev–Trinajstić information content (AvgIpc) is 1.98. The Morgan fingerprint density at radius 1 is 1.25 bits per heavy atom. The molecule has 1 atom stereocenters. The summed E-state index contributed by atoms with van der Waals surface area (Å²) in [6, 6.07) is 0. The first-order valence-electron chi connectivity index (χ1n) is 2.72. The van der Waals surface area contributed by atoms with Crippen LogP contribution in [0.4, 0.5) is 0 Å². The molecule has 1 fully saturated rings. The van der Waals surface area contributed by atoms with Crippen LogP contribution >= 0.6 is 0 Å². The third-order valence-electron chi connectivity index (χ3n) is 0.902. The normalized spacial score (nSPS) is 31.2. The lowest BCUT2D eigenvalue weighted by Gasteiger charge is -1.71. The molecule has 0 heterocycles. The van der Waals surface area contributed by atoms with Gasteiger partial charge in [-0.1, -0.05) is 0 Å². The molecule has 3 heteroatoms. The molecule has 1 aliphatic carbocycles. The van der Waals surface area contributed by atoms with E-state index in [1.165, 1.54) is 0 Å². The van der Waals surface area contributed by atoms with Crippen molar-refractivity contribution in [1.29, 1.82) is 0 Å². The number of carbonyl (C=O) groups excluding carboxylic acids is 3. The van der Waals surface area contributed by atoms with Crippen molar-refractivity contribution in [2.24, 2.45) is 0 Å². The number of ketones is 3. The van der Waals surface area contributed by atoms with Crippen LogP contribution in [0, 0.1) is 0 Å². The summed E-state index contributed by atoms with van der Waals surface area (Å²) in [5.74, 6) is -2.16. The molecule has 1 unspecified atom stereocenters. The van der Waals surface area contributed by atoms with Crippen LogP contribution in [0.5, 0.6) is 0 Å². The molecular formula is C5H4O3. The van der Waals surface area contributed by atoms with Crippen LogP contribution in [0.1, 0.15) is 14.2 Å². The first-order chi connectivity index (χ1) is 4.13. The summed E-state index contributed by atoms with van der Waals surface area (Å²) in [5.41, 5.74) is 0. The highest BCUT2D eigenvalue weighted by Gasteiger charge is 2.27. The fraction of sp³-hybridized carbons (Fsp3) is 0.400. The molecular weight excluding hydrogens is 108 g/mol. The topological polar surface area (TPSA) is 51.2 Å². The molecule has 3 nitrogen and oxygen atoms in total. The van der Waals surface area contributed by atoms with Gasteiger partial charge in [0.2, 0.25) is 11.6 Å². The van der Waals surface area contributed by atoms with Gasteiger partial charge in [-0.25, -0.2) is 0 Å². The fourth-order valence-electron chi connectivity index (χ4n) is 0.523. The Bertz CT molecular complexity index is 196. The molecule has 0 saturated heterocycles. The number of hydrogen-bond acceptors (Lipinski definition) is 3. The predicted octanol–water partition coefficient (Wildman–Crippen LogP) is -0.512. The zero-order valence-corrected chi connectivity index (χ0v) is 4.01. The van der Waals surface area contributed by atoms with Gasteiger partial charge in [-0.15, -0.1) is 0 Å². The molecule has 1 saturated carbocycles. The summed E-state index contributed by atoms with van der Waals surface area (Å²) >= 11 is 0. The van der Waals surface area contributed by atoms with Crippen LogP contribution < -0.4 is 0 Å². The standard InChI is InChI=1S/C5H4O3/c6-3-1-4(7)5(8)2-3/h1-2H2/i1D. The van der Waals surface area contributed by atoms with Gasteiger partial charge in [-0.05, 0) is 0 Å². The minimum Gasteiger partial charge on any atom is -0.299 e. The lowest BCUT2D eigenvalue weighted by atomic mass is 10.3. The third kappa shape index (κ3) is 0.665. The van der Waals surface area contributed by atoms with E-state index in [0.29, 0.717) is 0 Å². The average molecular weight is 113 g/mol. The highest BCUT2D eigenvalue weighted by atomic mass is 16.2. The maximum absolute atomic E-state index is 10.4. The van der Waals surface area contributed by atoms with Gasteiger partial charge in [0.1, 0.15) is 5.78 Å². The second kappa shape index (κ2) is 1.51. The number of hydrogen-bond donors (Lipinski definition) is 0. The van der Waals surface area contributed by atoms with Crippen molar-refractivity contribution in [3.63, 3.8) is 0 Å². The van der Waals surface area contributed by atoms with Crippen molar-refractivity contribution in [3.8, 4) is 0 Å². The van der Waals surface area contributed by atoms with Crippen molar-refractivity contribution in [2.45, 2.75) is 12.8 Å². The predicted molar refractivity (Wildman–Crippen MR) is 24.3 cm³/mol. The maximum Gasteiger partial charge on any atom is 0.206 e. The van der Waals surface area contributed by atoms with Crippen LogP contribution in [0.2, 0.25) is 0 Å². The molecule has 1 aliphatic rings. The SMILES string of the molecule is [2H]C1C(=O)CC(=O)C1=O. The van der Waals surface area contributed by atoms with Crippen molar-refractivity contribution < 1.29 is 15.8 Å². The van der Waals surface area contributed by atoms with E-state index in [1.54, 1.807) is 0 Å². The lowest BCUT2D eigenvalue weighted by Crippen LogP contribution is -2.01. The van der Waals surface area contributed by atoms with Gasteiger partial charge < -0.3 is 0 Å². The van der Waals surface area contributed by atoms with E-state index in [2.05, 4.69) is 0 Å². The Kier molecular flexibility index (Phi) is 0.743. The molecule has 0 aliphatic heterocycles. The van der Waals surface area contributed by atoms with E-state index in [-0.39, 0.29) is 6.42 Å². The summed E-state index contributed by atoms with van der Waals surface area (Å²) in [4.78, 5) is 31.0. The van der Waals surface area contributed by atoms with E-state index < -0.39 is 23.7 Å². The van der Waals surface area contributed by atoms with E-state index in [4.69, 9.17) is 1.37 Å². The summed E-state index contributed by atoms with van der Waals surface area (Å²) in [5, 5.41) is 0. The first kappa shape index (κ1) is 3.95. The fourth-order valence-corrected chi connectivity index (χ4v) is 0.523. The largest absolute Gasteiger partial charge is 0.299 e. The van der Waals surface area contributed by atoms with Crippen LogP contribution in [-0.2, 0) is 14.4 Å². The Labute approximate surface area is 47.1 Å². The third-order valence-corrected chi connectivity index (χ3v) is 0.902. The van der Waals surface area contributed by atoms with E-state index in [9.17, 15) is 14.4 Å². The molecule has 0 radical (unpaired) electrons. The Balaban J connectivity index is 2.90. The van der Waals surface area contributed by atoms with Gasteiger partial charge in [-0.3, -0.25) is 14.4 Å². The molecule has 0 bridgehead atoms. The van der Waals surface area contributed by atoms with Crippen LogP contribution in [0.3, 0.4) is 0 Å². The zero-order valence-electron chi connectivity index (χ0n) is 5.01. The van der Waals surface area contributed by atoms with Gasteiger partial charge in [0.05, 0.1) is 12.8 Å². The summed E-state index contributed by atoms with van der Waals surface area (Å²) in [6.45, 7) is 0. The van der Waals surface area contributed by atoms with E-state index in [1.807, 2.05) is 0 Å². The molecule has 1 rings (SSSR count). The van der Waals surface area contributed by atoms with Crippen molar-refractivity contribution in [3.05, 3.63) is 0 Å². The smallest absolute Gasteiger partial charge is 0.206 e. The second-order valence-corrected chi connectivity index (χ2v) is 1.57. The Morgan fingerprint density at radius 3 is 2.00 bits per heavy atom. The minimum absolute atomic E-state index is 0.368. The van der Waals surface area contributed by atoms with Gasteiger partial charge in [0.25, 0.3) is 0 Å². The highest BCUT2D eigenvalue weighted by molar-refractivity contribution is 6.48. The van der Waals surface area contributed by atoms with Gasteiger partial charge >= 0.3 is 0 Å². The van der Waals surface area contributed by atoms with Crippen LogP contribution in [-0.4, -0.2) is 17.3 Å². The maximum atomic E-state index is 10.4. The lowest BCUT2D eigenvalue weighted by molar-refractivity contribution is -0.134. The minimum atomic E-state index is -1.42. The molecule has 0 N–H and O–H groups in total. The van der Waals surface area contributed by atoms with Crippen molar-refractivity contribution in [1.82, 2.24) is 0 Å². The number of rotatable bonds is 0. The van der Waals surface area contributed by atoms with Gasteiger partial charge in [-0.2, -0.15) is 0 Å². The highest BCUT2D eigenvalue weighted by Crippen LogP contribution is 2.03. The van der Waals surface area contributed by atoms with E-state index in [0.717, 1.165) is 0 Å². The molecule has 0 aromatic heterocycles. The molecule has 0 spiro atoms. The van der Waals surface area contributed by atoms with Crippen LogP contribution in [0.15, 0.2) is 0 Å².